The van der Waals surface area contributed by atoms with E-state index < -0.39 is 0 Å². The summed E-state index contributed by atoms with van der Waals surface area (Å²) in [6.45, 7) is 0. The van der Waals surface area contributed by atoms with Crippen molar-refractivity contribution in [1.82, 2.24) is 0 Å². The molecule has 0 saturated heterocycles. The van der Waals surface area contributed by atoms with Crippen molar-refractivity contribution in [3.05, 3.63) is 36.0 Å². The van der Waals surface area contributed by atoms with Crippen molar-refractivity contribution in [3.63, 3.8) is 0 Å². The summed E-state index contributed by atoms with van der Waals surface area (Å²) in [5, 5.41) is 33.5. The van der Waals surface area contributed by atoms with Gasteiger partial charge in [0.2, 0.25) is 0 Å². The molecule has 1 aliphatic rings. The fourth-order valence-corrected chi connectivity index (χ4v) is 2.41. The number of hydrogen-bond acceptors (Lipinski definition) is 5. The molecule has 108 valence electrons. The lowest BCUT2D eigenvalue weighted by Crippen LogP contribution is -2.28. The molecule has 0 atom stereocenters. The van der Waals surface area contributed by atoms with Crippen LogP contribution in [0.2, 0.25) is 0 Å². The van der Waals surface area contributed by atoms with Gasteiger partial charge in [0.05, 0.1) is 17.5 Å². The molecule has 0 aliphatic heterocycles. The Morgan fingerprint density at radius 1 is 1.10 bits per heavy atom. The highest BCUT2D eigenvalue weighted by molar-refractivity contribution is 5.70. The van der Waals surface area contributed by atoms with E-state index >= 15 is 0 Å². The number of hydrogen-bond donors (Lipinski definition) is 3. The zero-order valence-corrected chi connectivity index (χ0v) is 11.7. The summed E-state index contributed by atoms with van der Waals surface area (Å²) in [5.74, 6) is 0. The van der Waals surface area contributed by atoms with Crippen molar-refractivity contribution in [2.45, 2.75) is 37.8 Å². The van der Waals surface area contributed by atoms with Gasteiger partial charge in [0, 0.05) is 12.2 Å². The lowest BCUT2D eigenvalue weighted by molar-refractivity contribution is 0.126. The minimum Gasteiger partial charge on any atom is -0.393 e. The topological polar surface area (TPSA) is 91.9 Å². The molecule has 0 radical (unpaired) electrons. The number of anilines is 2. The molecule has 1 saturated carbocycles. The minimum absolute atomic E-state index is 0.0330. The first-order valence-electron chi connectivity index (χ1n) is 7.03. The van der Waals surface area contributed by atoms with Gasteiger partial charge in [-0.2, -0.15) is 10.5 Å². The van der Waals surface area contributed by atoms with Gasteiger partial charge in [-0.05, 0) is 37.8 Å². The molecule has 21 heavy (non-hydrogen) atoms. The average Bonchev–Trinajstić information content (AvgIpc) is 2.52. The van der Waals surface area contributed by atoms with Gasteiger partial charge in [-0.1, -0.05) is 12.1 Å². The predicted octanol–water partition coefficient (Wildman–Crippen LogP) is 2.74. The van der Waals surface area contributed by atoms with Crippen LogP contribution in [0.25, 0.3) is 0 Å². The van der Waals surface area contributed by atoms with Crippen LogP contribution in [0.1, 0.15) is 25.7 Å². The zero-order valence-electron chi connectivity index (χ0n) is 11.7. The fraction of sp³-hybridized carbons (Fsp3) is 0.375. The van der Waals surface area contributed by atoms with Gasteiger partial charge in [-0.15, -0.1) is 0 Å². The van der Waals surface area contributed by atoms with Crippen LogP contribution in [0.4, 0.5) is 11.4 Å². The Kier molecular flexibility index (Phi) is 5.20. The Balaban J connectivity index is 2.05. The monoisotopic (exact) mass is 282 g/mol. The van der Waals surface area contributed by atoms with Crippen LogP contribution in [0.15, 0.2) is 36.0 Å². The van der Waals surface area contributed by atoms with E-state index in [2.05, 4.69) is 10.6 Å². The van der Waals surface area contributed by atoms with E-state index in [0.717, 1.165) is 37.1 Å². The highest BCUT2D eigenvalue weighted by Gasteiger charge is 2.19. The third-order valence-electron chi connectivity index (χ3n) is 3.60. The van der Waals surface area contributed by atoms with E-state index in [1.165, 1.54) is 6.20 Å². The second-order valence-electron chi connectivity index (χ2n) is 5.12. The maximum Gasteiger partial charge on any atom is 0.145 e. The van der Waals surface area contributed by atoms with Crippen molar-refractivity contribution < 1.29 is 5.11 Å². The molecule has 1 aromatic rings. The molecule has 0 heterocycles. The Morgan fingerprint density at radius 3 is 2.33 bits per heavy atom. The third-order valence-corrected chi connectivity index (χ3v) is 3.60. The molecule has 0 unspecified atom stereocenters. The lowest BCUT2D eigenvalue weighted by Gasteiger charge is -2.27. The number of nitriles is 2. The quantitative estimate of drug-likeness (QED) is 0.738. The Hall–Kier alpha value is -2.50. The van der Waals surface area contributed by atoms with Crippen molar-refractivity contribution >= 4 is 11.4 Å². The molecule has 1 aliphatic carbocycles. The van der Waals surface area contributed by atoms with Crippen LogP contribution < -0.4 is 10.6 Å². The van der Waals surface area contributed by atoms with E-state index in [-0.39, 0.29) is 11.7 Å². The molecule has 1 aromatic carbocycles. The van der Waals surface area contributed by atoms with Crippen molar-refractivity contribution in [2.24, 2.45) is 0 Å². The molecule has 0 bridgehead atoms. The summed E-state index contributed by atoms with van der Waals surface area (Å²) < 4.78 is 0. The highest BCUT2D eigenvalue weighted by atomic mass is 16.3. The SMILES string of the molecule is N#CC(C#N)=CNc1ccccc1NC1CCC(O)CC1. The molecule has 3 N–H and O–H groups in total. The predicted molar refractivity (Wildman–Crippen MR) is 81.3 cm³/mol. The van der Waals surface area contributed by atoms with Crippen molar-refractivity contribution in [1.29, 1.82) is 10.5 Å². The van der Waals surface area contributed by atoms with E-state index in [0.29, 0.717) is 6.04 Å². The number of para-hydroxylation sites is 2. The summed E-state index contributed by atoms with van der Waals surface area (Å²) in [4.78, 5) is 0. The van der Waals surface area contributed by atoms with Crippen molar-refractivity contribution in [3.8, 4) is 12.1 Å². The number of allylic oxidation sites excluding steroid dienone is 1. The third kappa shape index (κ3) is 4.24. The molecule has 0 amide bonds. The summed E-state index contributed by atoms with van der Waals surface area (Å²) in [6, 6.07) is 11.7. The minimum atomic E-state index is -0.173. The average molecular weight is 282 g/mol. The first-order chi connectivity index (χ1) is 10.2. The van der Waals surface area contributed by atoms with Gasteiger partial charge in [-0.3, -0.25) is 0 Å². The molecule has 5 heteroatoms. The van der Waals surface area contributed by atoms with Gasteiger partial charge in [0.25, 0.3) is 0 Å². The summed E-state index contributed by atoms with van der Waals surface area (Å²) in [7, 11) is 0. The number of nitrogens with one attached hydrogen (secondary N) is 2. The van der Waals surface area contributed by atoms with E-state index in [4.69, 9.17) is 10.5 Å². The van der Waals surface area contributed by atoms with Crippen LogP contribution in [0.3, 0.4) is 0 Å². The van der Waals surface area contributed by atoms with E-state index in [1.54, 1.807) is 0 Å². The molecular formula is C16H18N4O. The van der Waals surface area contributed by atoms with Gasteiger partial charge >= 0.3 is 0 Å². The second kappa shape index (κ2) is 7.33. The van der Waals surface area contributed by atoms with E-state index in [9.17, 15) is 5.11 Å². The molecule has 0 spiro atoms. The van der Waals surface area contributed by atoms with Gasteiger partial charge in [-0.25, -0.2) is 0 Å². The molecule has 0 aromatic heterocycles. The van der Waals surface area contributed by atoms with Gasteiger partial charge < -0.3 is 15.7 Å². The molecular weight excluding hydrogens is 264 g/mol. The lowest BCUT2D eigenvalue weighted by atomic mass is 9.93. The summed E-state index contributed by atoms with van der Waals surface area (Å²) >= 11 is 0. The zero-order chi connectivity index (χ0) is 15.1. The Morgan fingerprint density at radius 2 is 1.71 bits per heavy atom. The van der Waals surface area contributed by atoms with Crippen LogP contribution >= 0.6 is 0 Å². The second-order valence-corrected chi connectivity index (χ2v) is 5.12. The first kappa shape index (κ1) is 14.9. The standard InChI is InChI=1S/C16H18N4O/c17-9-12(10-18)11-19-15-3-1-2-4-16(15)20-13-5-7-14(21)8-6-13/h1-4,11,13-14,19-21H,5-8H2. The number of aliphatic hydroxyl groups excluding tert-OH is 1. The van der Waals surface area contributed by atoms with E-state index in [1.807, 2.05) is 36.4 Å². The smallest absolute Gasteiger partial charge is 0.145 e. The number of nitrogens with zero attached hydrogens (tertiary/aromatic N) is 2. The Bertz CT molecular complexity index is 573. The van der Waals surface area contributed by atoms with Gasteiger partial charge in [0.1, 0.15) is 17.7 Å². The largest absolute Gasteiger partial charge is 0.393 e. The highest BCUT2D eigenvalue weighted by Crippen LogP contribution is 2.27. The summed E-state index contributed by atoms with van der Waals surface area (Å²) in [6.07, 6.45) is 4.75. The number of benzene rings is 1. The van der Waals surface area contributed by atoms with Crippen LogP contribution in [0, 0.1) is 22.7 Å². The van der Waals surface area contributed by atoms with Crippen molar-refractivity contribution in [2.75, 3.05) is 10.6 Å². The van der Waals surface area contributed by atoms with Crippen LogP contribution in [0.5, 0.6) is 0 Å². The van der Waals surface area contributed by atoms with Gasteiger partial charge in [0.15, 0.2) is 0 Å². The maximum atomic E-state index is 9.54. The summed E-state index contributed by atoms with van der Waals surface area (Å²) in [5.41, 5.74) is 1.79. The molecule has 1 fully saturated rings. The fourth-order valence-electron chi connectivity index (χ4n) is 2.41. The van der Waals surface area contributed by atoms with Crippen LogP contribution in [-0.4, -0.2) is 17.3 Å². The molecule has 2 rings (SSSR count). The first-order valence-corrected chi connectivity index (χ1v) is 7.03. The number of rotatable bonds is 4. The maximum absolute atomic E-state index is 9.54. The molecule has 5 nitrogen and oxygen atoms in total. The van der Waals surface area contributed by atoms with Crippen LogP contribution in [-0.2, 0) is 0 Å². The normalized spacial score (nSPS) is 20.7. The Labute approximate surface area is 124 Å². The number of aliphatic hydroxyl groups is 1.